The summed E-state index contributed by atoms with van der Waals surface area (Å²) in [7, 11) is -2.36. The molecule has 0 spiro atoms. The molecule has 0 radical (unpaired) electrons. The van der Waals surface area contributed by atoms with Crippen LogP contribution in [0.3, 0.4) is 0 Å². The Balaban J connectivity index is 2.05. The zero-order valence-corrected chi connectivity index (χ0v) is 11.3. The number of nitrogens with zero attached hydrogens (tertiary/aromatic N) is 2. The molecule has 5 nitrogen and oxygen atoms in total. The molecule has 1 aromatic rings. The standard InChI is InChI=1S/C12H18N2O3S/c1-17-18(15,16)9-11-7-8-12(14-13-11)10-5-3-2-4-6-10/h7-8,10H,2-6,9H2,1H3. The number of aromatic nitrogens is 2. The van der Waals surface area contributed by atoms with Crippen LogP contribution in [0.1, 0.15) is 49.4 Å². The molecule has 1 heterocycles. The van der Waals surface area contributed by atoms with Gasteiger partial charge in [-0.1, -0.05) is 19.3 Å². The molecule has 0 saturated heterocycles. The minimum absolute atomic E-state index is 0.221. The van der Waals surface area contributed by atoms with Crippen molar-refractivity contribution in [3.05, 3.63) is 23.5 Å². The normalized spacial score (nSPS) is 17.8. The number of hydrogen-bond acceptors (Lipinski definition) is 5. The van der Waals surface area contributed by atoms with E-state index in [1.807, 2.05) is 6.07 Å². The Bertz CT molecular complexity index is 479. The predicted molar refractivity (Wildman–Crippen MR) is 67.5 cm³/mol. The van der Waals surface area contributed by atoms with E-state index in [4.69, 9.17) is 0 Å². The van der Waals surface area contributed by atoms with E-state index in [9.17, 15) is 8.42 Å². The average Bonchev–Trinajstić information content (AvgIpc) is 2.40. The van der Waals surface area contributed by atoms with Gasteiger partial charge in [-0.25, -0.2) is 0 Å². The van der Waals surface area contributed by atoms with Gasteiger partial charge in [0.2, 0.25) is 0 Å². The summed E-state index contributed by atoms with van der Waals surface area (Å²) in [6, 6.07) is 3.62. The van der Waals surface area contributed by atoms with E-state index < -0.39 is 10.1 Å². The SMILES string of the molecule is COS(=O)(=O)Cc1ccc(C2CCCCC2)nn1. The molecule has 0 bridgehead atoms. The van der Waals surface area contributed by atoms with Crippen LogP contribution in [0.4, 0.5) is 0 Å². The van der Waals surface area contributed by atoms with Crippen LogP contribution in [0.25, 0.3) is 0 Å². The monoisotopic (exact) mass is 270 g/mol. The van der Waals surface area contributed by atoms with Crippen LogP contribution < -0.4 is 0 Å². The van der Waals surface area contributed by atoms with Gasteiger partial charge < -0.3 is 0 Å². The van der Waals surface area contributed by atoms with Crippen molar-refractivity contribution in [1.82, 2.24) is 10.2 Å². The van der Waals surface area contributed by atoms with Crippen LogP contribution in [0.2, 0.25) is 0 Å². The van der Waals surface area contributed by atoms with Crippen LogP contribution >= 0.6 is 0 Å². The Hall–Kier alpha value is -1.01. The lowest BCUT2D eigenvalue weighted by Crippen LogP contribution is -2.11. The lowest BCUT2D eigenvalue weighted by atomic mass is 9.87. The fourth-order valence-electron chi connectivity index (χ4n) is 2.30. The summed E-state index contributed by atoms with van der Waals surface area (Å²) < 4.78 is 26.9. The quantitative estimate of drug-likeness (QED) is 0.783. The van der Waals surface area contributed by atoms with Gasteiger partial charge in [0.05, 0.1) is 18.5 Å². The Morgan fingerprint density at radius 3 is 2.50 bits per heavy atom. The van der Waals surface area contributed by atoms with Gasteiger partial charge in [-0.2, -0.15) is 18.6 Å². The van der Waals surface area contributed by atoms with Gasteiger partial charge in [0.25, 0.3) is 10.1 Å². The molecule has 6 heteroatoms. The molecule has 1 aliphatic carbocycles. The largest absolute Gasteiger partial charge is 0.273 e. The highest BCUT2D eigenvalue weighted by Gasteiger charge is 2.18. The summed E-state index contributed by atoms with van der Waals surface area (Å²) in [6.07, 6.45) is 6.10. The molecule has 1 saturated carbocycles. The van der Waals surface area contributed by atoms with Gasteiger partial charge in [-0.15, -0.1) is 0 Å². The molecular formula is C12H18N2O3S. The zero-order valence-electron chi connectivity index (χ0n) is 10.5. The second-order valence-electron chi connectivity index (χ2n) is 4.65. The molecule has 1 aromatic heterocycles. The molecule has 1 aliphatic rings. The van der Waals surface area contributed by atoms with Crippen molar-refractivity contribution >= 4 is 10.1 Å². The third-order valence-electron chi connectivity index (χ3n) is 3.34. The zero-order chi connectivity index (χ0) is 13.0. The molecule has 0 atom stereocenters. The maximum Gasteiger partial charge on any atom is 0.272 e. The fourth-order valence-corrected chi connectivity index (χ4v) is 2.94. The van der Waals surface area contributed by atoms with Crippen molar-refractivity contribution in [2.75, 3.05) is 7.11 Å². The lowest BCUT2D eigenvalue weighted by molar-refractivity contribution is 0.396. The fraction of sp³-hybridized carbons (Fsp3) is 0.667. The predicted octanol–water partition coefficient (Wildman–Crippen LogP) is 2.00. The van der Waals surface area contributed by atoms with E-state index in [1.54, 1.807) is 6.07 Å². The molecule has 0 N–H and O–H groups in total. The summed E-state index contributed by atoms with van der Waals surface area (Å²) >= 11 is 0. The molecule has 1 fully saturated rings. The van der Waals surface area contributed by atoms with Crippen molar-refractivity contribution < 1.29 is 12.6 Å². The molecule has 0 unspecified atom stereocenters. The van der Waals surface area contributed by atoms with E-state index in [-0.39, 0.29) is 5.75 Å². The van der Waals surface area contributed by atoms with Crippen LogP contribution in [-0.2, 0) is 20.1 Å². The van der Waals surface area contributed by atoms with E-state index in [2.05, 4.69) is 14.4 Å². The minimum Gasteiger partial charge on any atom is -0.273 e. The number of rotatable bonds is 4. The smallest absolute Gasteiger partial charge is 0.272 e. The molecule has 100 valence electrons. The van der Waals surface area contributed by atoms with Crippen molar-refractivity contribution in [3.8, 4) is 0 Å². The molecule has 0 aliphatic heterocycles. The van der Waals surface area contributed by atoms with Crippen LogP contribution in [-0.4, -0.2) is 25.7 Å². The second kappa shape index (κ2) is 5.75. The van der Waals surface area contributed by atoms with Crippen molar-refractivity contribution in [2.45, 2.75) is 43.8 Å². The second-order valence-corrected chi connectivity index (χ2v) is 6.39. The third kappa shape index (κ3) is 3.49. The van der Waals surface area contributed by atoms with E-state index >= 15 is 0 Å². The molecule has 18 heavy (non-hydrogen) atoms. The Morgan fingerprint density at radius 2 is 1.94 bits per heavy atom. The maximum atomic E-state index is 11.3. The van der Waals surface area contributed by atoms with Crippen LogP contribution in [0.5, 0.6) is 0 Å². The number of hydrogen-bond donors (Lipinski definition) is 0. The van der Waals surface area contributed by atoms with E-state index in [0.717, 1.165) is 25.6 Å². The first-order valence-electron chi connectivity index (χ1n) is 6.21. The van der Waals surface area contributed by atoms with E-state index in [1.165, 1.54) is 19.3 Å². The first-order chi connectivity index (χ1) is 8.61. The highest BCUT2D eigenvalue weighted by atomic mass is 32.2. The first-order valence-corrected chi connectivity index (χ1v) is 7.79. The van der Waals surface area contributed by atoms with Gasteiger partial charge in [-0.3, -0.25) is 4.18 Å². The highest BCUT2D eigenvalue weighted by Crippen LogP contribution is 2.31. The summed E-state index contributed by atoms with van der Waals surface area (Å²) in [6.45, 7) is 0. The Morgan fingerprint density at radius 1 is 1.22 bits per heavy atom. The summed E-state index contributed by atoms with van der Waals surface area (Å²) in [5, 5.41) is 8.13. The van der Waals surface area contributed by atoms with Crippen molar-refractivity contribution in [2.24, 2.45) is 0 Å². The van der Waals surface area contributed by atoms with Gasteiger partial charge >= 0.3 is 0 Å². The van der Waals surface area contributed by atoms with Gasteiger partial charge in [-0.05, 0) is 25.0 Å². The van der Waals surface area contributed by atoms with Gasteiger partial charge in [0.15, 0.2) is 0 Å². The highest BCUT2D eigenvalue weighted by molar-refractivity contribution is 7.85. The molecule has 2 rings (SSSR count). The lowest BCUT2D eigenvalue weighted by Gasteiger charge is -2.20. The Labute approximate surface area is 108 Å². The summed E-state index contributed by atoms with van der Waals surface area (Å²) in [5.41, 5.74) is 1.41. The summed E-state index contributed by atoms with van der Waals surface area (Å²) in [4.78, 5) is 0. The Kier molecular flexibility index (Phi) is 4.29. The van der Waals surface area contributed by atoms with Crippen molar-refractivity contribution in [3.63, 3.8) is 0 Å². The summed E-state index contributed by atoms with van der Waals surface area (Å²) in [5.74, 6) is 0.265. The third-order valence-corrected chi connectivity index (χ3v) is 4.50. The van der Waals surface area contributed by atoms with Crippen LogP contribution in [0.15, 0.2) is 12.1 Å². The minimum atomic E-state index is -3.51. The molecule has 0 aromatic carbocycles. The van der Waals surface area contributed by atoms with Gasteiger partial charge in [0, 0.05) is 5.92 Å². The van der Waals surface area contributed by atoms with Crippen LogP contribution in [0, 0.1) is 0 Å². The van der Waals surface area contributed by atoms with Crippen molar-refractivity contribution in [1.29, 1.82) is 0 Å². The van der Waals surface area contributed by atoms with Gasteiger partial charge in [0.1, 0.15) is 5.75 Å². The maximum absolute atomic E-state index is 11.3. The molecule has 0 amide bonds. The average molecular weight is 270 g/mol. The van der Waals surface area contributed by atoms with E-state index in [0.29, 0.717) is 11.6 Å². The molecular weight excluding hydrogens is 252 g/mol. The topological polar surface area (TPSA) is 69.2 Å². The first kappa shape index (κ1) is 13.4.